The Bertz CT molecular complexity index is 540. The lowest BCUT2D eigenvalue weighted by Crippen LogP contribution is -2.31. The van der Waals surface area contributed by atoms with Gasteiger partial charge in [0.05, 0.1) is 5.69 Å². The van der Waals surface area contributed by atoms with Crippen molar-refractivity contribution in [1.82, 2.24) is 0 Å². The van der Waals surface area contributed by atoms with Crippen LogP contribution in [-0.2, 0) is 9.59 Å². The van der Waals surface area contributed by atoms with E-state index in [9.17, 15) is 9.59 Å². The predicted molar refractivity (Wildman–Crippen MR) is 71.8 cm³/mol. The number of carbonyl (C=O) groups is 2. The van der Waals surface area contributed by atoms with Gasteiger partial charge in [-0.05, 0) is 17.5 Å². The first kappa shape index (κ1) is 13.1. The molecular formula is C13H11Cl2NO2. The monoisotopic (exact) mass is 283 g/mol. The molecule has 0 spiro atoms. The first-order valence-corrected chi connectivity index (χ1v) is 6.23. The number of nitrogens with zero attached hydrogens (tertiary/aromatic N) is 1. The Balaban J connectivity index is 2.53. The highest BCUT2D eigenvalue weighted by Gasteiger charge is 2.38. The van der Waals surface area contributed by atoms with Crippen LogP contribution in [-0.4, -0.2) is 11.8 Å². The summed E-state index contributed by atoms with van der Waals surface area (Å²) in [5.74, 6) is -0.959. The molecule has 1 aromatic rings. The molecule has 1 heterocycles. The van der Waals surface area contributed by atoms with Gasteiger partial charge in [0.25, 0.3) is 11.8 Å². The highest BCUT2D eigenvalue weighted by Crippen LogP contribution is 2.35. The minimum Gasteiger partial charge on any atom is -0.267 e. The first-order valence-electron chi connectivity index (χ1n) is 5.48. The van der Waals surface area contributed by atoms with Gasteiger partial charge in [0.15, 0.2) is 0 Å². The Morgan fingerprint density at radius 1 is 1.00 bits per heavy atom. The van der Waals surface area contributed by atoms with E-state index < -0.39 is 11.8 Å². The summed E-state index contributed by atoms with van der Waals surface area (Å²) < 4.78 is 0. The van der Waals surface area contributed by atoms with Crippen molar-refractivity contribution in [2.75, 3.05) is 4.90 Å². The van der Waals surface area contributed by atoms with Crippen molar-refractivity contribution in [1.29, 1.82) is 0 Å². The zero-order valence-corrected chi connectivity index (χ0v) is 11.4. The molecule has 5 heteroatoms. The smallest absolute Gasteiger partial charge is 0.267 e. The molecule has 0 bridgehead atoms. The molecule has 1 aromatic carbocycles. The van der Waals surface area contributed by atoms with Crippen LogP contribution in [0, 0.1) is 0 Å². The standard InChI is InChI=1S/C13H11Cl2NO2/c1-7(2)8-5-3-4-6-9(8)16-12(17)10(14)11(15)13(16)18/h3-7H,1-2H3. The van der Waals surface area contributed by atoms with Crippen LogP contribution in [0.2, 0.25) is 0 Å². The Kier molecular flexibility index (Phi) is 3.46. The van der Waals surface area contributed by atoms with Crippen LogP contribution in [0.4, 0.5) is 5.69 Å². The van der Waals surface area contributed by atoms with Crippen molar-refractivity contribution in [2.45, 2.75) is 19.8 Å². The minimum atomic E-state index is -0.570. The number of carbonyl (C=O) groups excluding carboxylic acids is 2. The maximum absolute atomic E-state index is 11.9. The SMILES string of the molecule is CC(C)c1ccccc1N1C(=O)C(Cl)=C(Cl)C1=O. The van der Waals surface area contributed by atoms with Gasteiger partial charge in [0.1, 0.15) is 10.1 Å². The van der Waals surface area contributed by atoms with Gasteiger partial charge in [-0.2, -0.15) is 0 Å². The van der Waals surface area contributed by atoms with E-state index in [0.717, 1.165) is 10.5 Å². The molecule has 0 unspecified atom stereocenters. The van der Waals surface area contributed by atoms with E-state index in [0.29, 0.717) is 5.69 Å². The highest BCUT2D eigenvalue weighted by atomic mass is 35.5. The van der Waals surface area contributed by atoms with Crippen LogP contribution in [0.3, 0.4) is 0 Å². The van der Waals surface area contributed by atoms with Gasteiger partial charge in [-0.1, -0.05) is 55.2 Å². The molecule has 2 amide bonds. The zero-order chi connectivity index (χ0) is 13.4. The second-order valence-electron chi connectivity index (χ2n) is 4.29. The molecule has 0 atom stereocenters. The van der Waals surface area contributed by atoms with Gasteiger partial charge in [0, 0.05) is 0 Å². The zero-order valence-electron chi connectivity index (χ0n) is 9.91. The van der Waals surface area contributed by atoms with Gasteiger partial charge >= 0.3 is 0 Å². The summed E-state index contributed by atoms with van der Waals surface area (Å²) >= 11 is 11.4. The summed E-state index contributed by atoms with van der Waals surface area (Å²) in [5, 5.41) is -0.444. The molecule has 0 saturated carbocycles. The van der Waals surface area contributed by atoms with E-state index in [-0.39, 0.29) is 16.0 Å². The molecule has 0 radical (unpaired) electrons. The van der Waals surface area contributed by atoms with Crippen molar-refractivity contribution in [3.63, 3.8) is 0 Å². The minimum absolute atomic E-state index is 0.181. The van der Waals surface area contributed by atoms with Crippen LogP contribution >= 0.6 is 23.2 Å². The van der Waals surface area contributed by atoms with Gasteiger partial charge in [-0.3, -0.25) is 9.59 Å². The Hall–Kier alpha value is -1.32. The fraction of sp³-hybridized carbons (Fsp3) is 0.231. The van der Waals surface area contributed by atoms with Gasteiger partial charge in [-0.25, -0.2) is 4.90 Å². The number of hydrogen-bond acceptors (Lipinski definition) is 2. The van der Waals surface area contributed by atoms with Crippen LogP contribution in [0.25, 0.3) is 0 Å². The maximum atomic E-state index is 11.9. The fourth-order valence-electron chi connectivity index (χ4n) is 1.87. The van der Waals surface area contributed by atoms with Crippen molar-refractivity contribution >= 4 is 40.7 Å². The first-order chi connectivity index (χ1) is 8.45. The average Bonchev–Trinajstić information content (AvgIpc) is 2.54. The third-order valence-electron chi connectivity index (χ3n) is 2.77. The summed E-state index contributed by atoms with van der Waals surface area (Å²) in [6.07, 6.45) is 0. The molecular weight excluding hydrogens is 273 g/mol. The molecule has 1 aliphatic heterocycles. The van der Waals surface area contributed by atoms with Crippen molar-refractivity contribution in [3.8, 4) is 0 Å². The predicted octanol–water partition coefficient (Wildman–Crippen LogP) is 3.37. The molecule has 2 rings (SSSR count). The summed E-state index contributed by atoms with van der Waals surface area (Å²) in [6.45, 7) is 3.97. The number of amides is 2. The quantitative estimate of drug-likeness (QED) is 0.781. The van der Waals surface area contributed by atoms with E-state index >= 15 is 0 Å². The lowest BCUT2D eigenvalue weighted by molar-refractivity contribution is -0.120. The van der Waals surface area contributed by atoms with E-state index in [2.05, 4.69) is 0 Å². The van der Waals surface area contributed by atoms with Crippen LogP contribution in [0.1, 0.15) is 25.3 Å². The van der Waals surface area contributed by atoms with Gasteiger partial charge < -0.3 is 0 Å². The Morgan fingerprint density at radius 3 is 2.00 bits per heavy atom. The van der Waals surface area contributed by atoms with Crippen molar-refractivity contribution in [2.24, 2.45) is 0 Å². The largest absolute Gasteiger partial charge is 0.278 e. The molecule has 0 N–H and O–H groups in total. The third kappa shape index (κ3) is 1.93. The summed E-state index contributed by atoms with van der Waals surface area (Å²) in [7, 11) is 0. The number of halogens is 2. The third-order valence-corrected chi connectivity index (χ3v) is 3.57. The molecule has 0 saturated heterocycles. The molecule has 0 aromatic heterocycles. The average molecular weight is 284 g/mol. The number of imide groups is 1. The van der Waals surface area contributed by atoms with Crippen molar-refractivity contribution in [3.05, 3.63) is 39.9 Å². The summed E-state index contributed by atoms with van der Waals surface area (Å²) in [5.41, 5.74) is 1.44. The Labute approximate surface area is 115 Å². The van der Waals surface area contributed by atoms with Crippen LogP contribution in [0.15, 0.2) is 34.3 Å². The molecule has 0 aliphatic carbocycles. The second-order valence-corrected chi connectivity index (χ2v) is 5.04. The van der Waals surface area contributed by atoms with Crippen molar-refractivity contribution < 1.29 is 9.59 Å². The van der Waals surface area contributed by atoms with E-state index in [4.69, 9.17) is 23.2 Å². The molecule has 18 heavy (non-hydrogen) atoms. The van der Waals surface area contributed by atoms with E-state index in [1.807, 2.05) is 26.0 Å². The highest BCUT2D eigenvalue weighted by molar-refractivity contribution is 6.62. The van der Waals surface area contributed by atoms with Crippen LogP contribution in [0.5, 0.6) is 0 Å². The normalized spacial score (nSPS) is 16.2. The number of anilines is 1. The molecule has 1 aliphatic rings. The van der Waals surface area contributed by atoms with E-state index in [1.54, 1.807) is 12.1 Å². The lowest BCUT2D eigenvalue weighted by atomic mass is 10.0. The molecule has 0 fully saturated rings. The summed E-state index contributed by atoms with van der Waals surface area (Å²) in [6, 6.07) is 7.22. The molecule has 3 nitrogen and oxygen atoms in total. The lowest BCUT2D eigenvalue weighted by Gasteiger charge is -2.20. The topological polar surface area (TPSA) is 37.4 Å². The Morgan fingerprint density at radius 2 is 1.50 bits per heavy atom. The number of rotatable bonds is 2. The van der Waals surface area contributed by atoms with Gasteiger partial charge in [-0.15, -0.1) is 0 Å². The van der Waals surface area contributed by atoms with E-state index in [1.165, 1.54) is 0 Å². The van der Waals surface area contributed by atoms with Gasteiger partial charge in [0.2, 0.25) is 0 Å². The molecule has 94 valence electrons. The number of benzene rings is 1. The maximum Gasteiger partial charge on any atom is 0.278 e. The van der Waals surface area contributed by atoms with Crippen LogP contribution < -0.4 is 4.90 Å². The second kappa shape index (κ2) is 4.75. The fourth-order valence-corrected chi connectivity index (χ4v) is 2.21. The summed E-state index contributed by atoms with van der Waals surface area (Å²) in [4.78, 5) is 24.9. The number of hydrogen-bond donors (Lipinski definition) is 0. The number of para-hydroxylation sites is 1.